The normalized spacial score (nSPS) is 30.3. The van der Waals surface area contributed by atoms with Gasteiger partial charge in [0.25, 0.3) is 11.8 Å². The first-order chi connectivity index (χ1) is 20.2. The Morgan fingerprint density at radius 2 is 1.64 bits per heavy atom. The topological polar surface area (TPSA) is 115 Å². The van der Waals surface area contributed by atoms with Gasteiger partial charge in [0, 0.05) is 21.0 Å². The summed E-state index contributed by atoms with van der Waals surface area (Å²) in [5, 5.41) is 22.2. The lowest BCUT2D eigenvalue weighted by atomic mass is 9.49. The molecule has 0 radical (unpaired) electrons. The van der Waals surface area contributed by atoms with Gasteiger partial charge in [-0.05, 0) is 60.7 Å². The van der Waals surface area contributed by atoms with Gasteiger partial charge in [0.2, 0.25) is 11.8 Å². The second-order valence-corrected chi connectivity index (χ2v) is 12.6. The number of imide groups is 2. The van der Waals surface area contributed by atoms with E-state index in [1.807, 2.05) is 24.3 Å². The lowest BCUT2D eigenvalue weighted by Gasteiger charge is -2.50. The van der Waals surface area contributed by atoms with Crippen LogP contribution in [0, 0.1) is 23.7 Å². The lowest BCUT2D eigenvalue weighted by Crippen LogP contribution is -2.53. The Morgan fingerprint density at radius 1 is 0.881 bits per heavy atom. The Hall–Kier alpha value is -3.79. The third-order valence-electron chi connectivity index (χ3n) is 9.44. The molecule has 212 valence electrons. The van der Waals surface area contributed by atoms with Crippen LogP contribution in [-0.4, -0.2) is 39.0 Å². The zero-order valence-electron chi connectivity index (χ0n) is 22.0. The molecule has 0 unspecified atom stereocenters. The lowest BCUT2D eigenvalue weighted by molar-refractivity contribution is -0.173. The number of carbonyl (C=O) groups excluding carboxylic acids is 4. The largest absolute Gasteiger partial charge is 0.508 e. The third-order valence-corrected chi connectivity index (χ3v) is 10.2. The minimum absolute atomic E-state index is 0.0695. The maximum Gasteiger partial charge on any atom is 0.257 e. The summed E-state index contributed by atoms with van der Waals surface area (Å²) in [5.74, 6) is -6.48. The standard InChI is InChI=1S/C32H24BrClN2O6/c33-17-9-12-25(37)23(13-17)27-20-10-11-21-26(30(40)36(42)28(21)38)22(20)15-24-29(39)35(19-8-4-7-18(34)14-19)31(41)32(24,27)16-5-2-1-3-6-16/h1-10,12-14,21-22,24,26-27,37,42H,11,15H2/t21-,22+,24-,26-,27+,32+/m0/s1. The summed E-state index contributed by atoms with van der Waals surface area (Å²) in [4.78, 5) is 56.8. The number of benzene rings is 3. The van der Waals surface area contributed by atoms with Crippen molar-refractivity contribution in [1.29, 1.82) is 0 Å². The number of nitrogens with zero attached hydrogens (tertiary/aromatic N) is 2. The number of halogens is 2. The average Bonchev–Trinajstić information content (AvgIpc) is 3.35. The number of carbonyl (C=O) groups is 4. The molecule has 2 aliphatic heterocycles. The molecule has 0 spiro atoms. The van der Waals surface area contributed by atoms with E-state index in [0.29, 0.717) is 31.9 Å². The van der Waals surface area contributed by atoms with Crippen molar-refractivity contribution in [2.75, 3.05) is 4.90 Å². The highest BCUT2D eigenvalue weighted by molar-refractivity contribution is 9.10. The average molecular weight is 648 g/mol. The molecule has 2 heterocycles. The first-order valence-electron chi connectivity index (χ1n) is 13.6. The maximum atomic E-state index is 15.0. The molecule has 8 nitrogen and oxygen atoms in total. The van der Waals surface area contributed by atoms with Crippen LogP contribution in [-0.2, 0) is 24.6 Å². The molecule has 10 heteroatoms. The van der Waals surface area contributed by atoms with Crippen molar-refractivity contribution in [3.63, 3.8) is 0 Å². The molecule has 3 fully saturated rings. The number of phenols is 1. The number of aromatic hydroxyl groups is 1. The molecule has 0 aromatic heterocycles. The van der Waals surface area contributed by atoms with E-state index in [1.54, 1.807) is 48.5 Å². The first kappa shape index (κ1) is 27.1. The van der Waals surface area contributed by atoms with Crippen LogP contribution in [0.15, 0.2) is 88.9 Å². The van der Waals surface area contributed by atoms with Crippen molar-refractivity contribution in [2.24, 2.45) is 23.7 Å². The van der Waals surface area contributed by atoms with Crippen molar-refractivity contribution in [2.45, 2.75) is 24.2 Å². The van der Waals surface area contributed by atoms with Gasteiger partial charge in [-0.25, -0.2) is 4.90 Å². The monoisotopic (exact) mass is 646 g/mol. The number of fused-ring (bicyclic) bond motifs is 4. The fourth-order valence-corrected chi connectivity index (χ4v) is 8.39. The molecule has 2 aliphatic carbocycles. The maximum absolute atomic E-state index is 15.0. The van der Waals surface area contributed by atoms with Crippen molar-refractivity contribution in [3.8, 4) is 5.75 Å². The van der Waals surface area contributed by atoms with E-state index in [2.05, 4.69) is 15.9 Å². The highest BCUT2D eigenvalue weighted by Gasteiger charge is 2.70. The van der Waals surface area contributed by atoms with Gasteiger partial charge < -0.3 is 5.11 Å². The number of allylic oxidation sites excluding steroid dienone is 2. The highest BCUT2D eigenvalue weighted by Crippen LogP contribution is 2.65. The SMILES string of the molecule is O=C1[C@H]2[C@H](CC=C3[C@H]2C[C@H]2C(=O)N(c4cccc(Cl)c4)C(=O)[C@@]2(c2ccccc2)[C@H]3c2cc(Br)ccc2O)C(=O)N1O. The van der Waals surface area contributed by atoms with Crippen LogP contribution in [0.1, 0.15) is 29.9 Å². The van der Waals surface area contributed by atoms with Crippen LogP contribution >= 0.6 is 27.5 Å². The van der Waals surface area contributed by atoms with Gasteiger partial charge in [0.05, 0.1) is 28.9 Å². The molecule has 42 heavy (non-hydrogen) atoms. The van der Waals surface area contributed by atoms with Crippen LogP contribution in [0.4, 0.5) is 5.69 Å². The number of phenolic OH excluding ortho intramolecular Hbond substituents is 1. The van der Waals surface area contributed by atoms with Crippen molar-refractivity contribution in [3.05, 3.63) is 105 Å². The van der Waals surface area contributed by atoms with E-state index in [4.69, 9.17) is 11.6 Å². The summed E-state index contributed by atoms with van der Waals surface area (Å²) in [7, 11) is 0. The molecule has 7 rings (SSSR count). The summed E-state index contributed by atoms with van der Waals surface area (Å²) in [6, 6.07) is 20.5. The Morgan fingerprint density at radius 3 is 2.38 bits per heavy atom. The minimum Gasteiger partial charge on any atom is -0.508 e. The number of rotatable bonds is 3. The Bertz CT molecular complexity index is 1730. The van der Waals surface area contributed by atoms with Crippen LogP contribution in [0.2, 0.25) is 5.02 Å². The fraction of sp³-hybridized carbons (Fsp3) is 0.250. The fourth-order valence-electron chi connectivity index (χ4n) is 7.83. The Labute approximate surface area is 254 Å². The van der Waals surface area contributed by atoms with E-state index in [9.17, 15) is 24.7 Å². The van der Waals surface area contributed by atoms with Crippen molar-refractivity contribution >= 4 is 56.8 Å². The molecular formula is C32H24BrClN2O6. The zero-order valence-corrected chi connectivity index (χ0v) is 24.3. The molecule has 2 saturated heterocycles. The molecule has 3 aromatic carbocycles. The van der Waals surface area contributed by atoms with Crippen LogP contribution in [0.25, 0.3) is 0 Å². The van der Waals surface area contributed by atoms with Crippen LogP contribution < -0.4 is 4.90 Å². The zero-order chi connectivity index (χ0) is 29.5. The van der Waals surface area contributed by atoms with Crippen LogP contribution in [0.5, 0.6) is 5.75 Å². The molecule has 4 aliphatic rings. The quantitative estimate of drug-likeness (QED) is 0.225. The number of amides is 4. The van der Waals surface area contributed by atoms with Gasteiger partial charge in [-0.15, -0.1) is 0 Å². The number of hydroxylamine groups is 2. The van der Waals surface area contributed by atoms with Gasteiger partial charge in [-0.1, -0.05) is 75.6 Å². The van der Waals surface area contributed by atoms with Crippen LogP contribution in [0.3, 0.4) is 0 Å². The molecule has 3 aromatic rings. The van der Waals surface area contributed by atoms with Gasteiger partial charge >= 0.3 is 0 Å². The van der Waals surface area contributed by atoms with Gasteiger partial charge in [0.15, 0.2) is 0 Å². The molecule has 4 amide bonds. The minimum atomic E-state index is -1.49. The van der Waals surface area contributed by atoms with E-state index < -0.39 is 58.6 Å². The summed E-state index contributed by atoms with van der Waals surface area (Å²) in [6.45, 7) is 0. The second-order valence-electron chi connectivity index (χ2n) is 11.3. The van der Waals surface area contributed by atoms with Gasteiger partial charge in [-0.2, -0.15) is 5.06 Å². The van der Waals surface area contributed by atoms with E-state index >= 15 is 4.79 Å². The summed E-state index contributed by atoms with van der Waals surface area (Å²) >= 11 is 9.80. The Balaban J connectivity index is 1.54. The second kappa shape index (κ2) is 9.62. The van der Waals surface area contributed by atoms with E-state index in [1.165, 1.54) is 11.0 Å². The number of hydrogen-bond acceptors (Lipinski definition) is 6. The van der Waals surface area contributed by atoms with Gasteiger partial charge in [0.1, 0.15) is 5.75 Å². The van der Waals surface area contributed by atoms with E-state index in [0.717, 1.165) is 0 Å². The summed E-state index contributed by atoms with van der Waals surface area (Å²) < 4.78 is 0.656. The van der Waals surface area contributed by atoms with Crippen molar-refractivity contribution in [1.82, 2.24) is 5.06 Å². The Kier molecular flexibility index (Phi) is 6.20. The molecule has 6 atom stereocenters. The number of anilines is 1. The molecular weight excluding hydrogens is 624 g/mol. The third kappa shape index (κ3) is 3.57. The molecule has 0 bridgehead atoms. The highest BCUT2D eigenvalue weighted by atomic mass is 79.9. The predicted molar refractivity (Wildman–Crippen MR) is 156 cm³/mol. The molecule has 1 saturated carbocycles. The number of hydrogen-bond donors (Lipinski definition) is 2. The molecule has 2 N–H and O–H groups in total. The smallest absolute Gasteiger partial charge is 0.257 e. The first-order valence-corrected chi connectivity index (χ1v) is 14.8. The predicted octanol–water partition coefficient (Wildman–Crippen LogP) is 5.36. The summed E-state index contributed by atoms with van der Waals surface area (Å²) in [6.07, 6.45) is 2.14. The summed E-state index contributed by atoms with van der Waals surface area (Å²) in [5.41, 5.74) is 0.539. The van der Waals surface area contributed by atoms with E-state index in [-0.39, 0.29) is 23.7 Å². The van der Waals surface area contributed by atoms with Crippen molar-refractivity contribution < 1.29 is 29.5 Å². The van der Waals surface area contributed by atoms with Gasteiger partial charge in [-0.3, -0.25) is 24.4 Å².